The van der Waals surface area contributed by atoms with E-state index in [1.54, 1.807) is 43.3 Å². The summed E-state index contributed by atoms with van der Waals surface area (Å²) in [5.41, 5.74) is 1.64. The van der Waals surface area contributed by atoms with Crippen molar-refractivity contribution >= 4 is 63.7 Å². The van der Waals surface area contributed by atoms with Gasteiger partial charge in [-0.2, -0.15) is 0 Å². The number of allylic oxidation sites excluding steroid dienone is 1. The average Bonchev–Trinajstić information content (AvgIpc) is 2.48. The Bertz CT molecular complexity index is 775. The molecule has 2 aromatic rings. The first-order chi connectivity index (χ1) is 10.9. The van der Waals surface area contributed by atoms with Crippen LogP contribution in [-0.4, -0.2) is 5.91 Å². The first-order valence-electron chi connectivity index (χ1n) is 6.53. The fourth-order valence-electron chi connectivity index (χ4n) is 1.81. The van der Waals surface area contributed by atoms with Crippen molar-refractivity contribution in [3.8, 4) is 0 Å². The van der Waals surface area contributed by atoms with Gasteiger partial charge in [0.25, 0.3) is 0 Å². The molecule has 0 radical (unpaired) electrons. The van der Waals surface area contributed by atoms with Crippen molar-refractivity contribution in [1.29, 1.82) is 0 Å². The van der Waals surface area contributed by atoms with Gasteiger partial charge < -0.3 is 10.6 Å². The largest absolute Gasteiger partial charge is 0.358 e. The molecule has 0 bridgehead atoms. The van der Waals surface area contributed by atoms with Crippen LogP contribution in [0.1, 0.15) is 6.92 Å². The molecule has 0 spiro atoms. The molecule has 0 aliphatic rings. The van der Waals surface area contributed by atoms with E-state index in [4.69, 9.17) is 46.4 Å². The molecule has 0 saturated heterocycles. The fraction of sp³-hybridized carbons (Fsp3) is 0.0625. The second-order valence-corrected chi connectivity index (χ2v) is 6.21. The van der Waals surface area contributed by atoms with Crippen molar-refractivity contribution in [3.63, 3.8) is 0 Å². The molecule has 23 heavy (non-hydrogen) atoms. The third-order valence-corrected chi connectivity index (χ3v) is 4.48. The molecular formula is C16H12Cl4N2O. The normalized spacial score (nSPS) is 11.3. The van der Waals surface area contributed by atoms with Crippen LogP contribution in [0, 0.1) is 0 Å². The number of anilines is 2. The van der Waals surface area contributed by atoms with Crippen LogP contribution in [0.2, 0.25) is 20.1 Å². The van der Waals surface area contributed by atoms with E-state index in [2.05, 4.69) is 10.6 Å². The van der Waals surface area contributed by atoms with E-state index in [1.807, 2.05) is 0 Å². The summed E-state index contributed by atoms with van der Waals surface area (Å²) < 4.78 is 0. The van der Waals surface area contributed by atoms with E-state index in [1.165, 1.54) is 6.08 Å². The smallest absolute Gasteiger partial charge is 0.250 e. The summed E-state index contributed by atoms with van der Waals surface area (Å²) in [6.45, 7) is 1.73. The Morgan fingerprint density at radius 1 is 0.870 bits per heavy atom. The molecule has 7 heteroatoms. The highest BCUT2D eigenvalue weighted by Crippen LogP contribution is 2.31. The molecule has 0 saturated carbocycles. The average molecular weight is 390 g/mol. The summed E-state index contributed by atoms with van der Waals surface area (Å²) in [5.74, 6) is -0.350. The van der Waals surface area contributed by atoms with Crippen molar-refractivity contribution in [2.24, 2.45) is 0 Å². The Morgan fingerprint density at radius 3 is 1.87 bits per heavy atom. The van der Waals surface area contributed by atoms with Crippen LogP contribution in [0.15, 0.2) is 48.2 Å². The van der Waals surface area contributed by atoms with E-state index in [9.17, 15) is 4.79 Å². The predicted octanol–water partition coefficient (Wildman–Crippen LogP) is 6.25. The summed E-state index contributed by atoms with van der Waals surface area (Å²) in [5, 5.41) is 7.16. The van der Waals surface area contributed by atoms with Gasteiger partial charge in [0.15, 0.2) is 0 Å². The highest BCUT2D eigenvalue weighted by molar-refractivity contribution is 6.44. The zero-order valence-corrected chi connectivity index (χ0v) is 15.0. The molecule has 1 amide bonds. The van der Waals surface area contributed by atoms with Gasteiger partial charge in [-0.15, -0.1) is 0 Å². The minimum Gasteiger partial charge on any atom is -0.358 e. The SMILES string of the molecule is CC(=CC(=O)Nc1cccc(Cl)c1Cl)Nc1cccc(Cl)c1Cl. The van der Waals surface area contributed by atoms with Crippen LogP contribution in [-0.2, 0) is 4.79 Å². The lowest BCUT2D eigenvalue weighted by Crippen LogP contribution is -2.11. The number of hydrogen-bond donors (Lipinski definition) is 2. The number of benzene rings is 2. The zero-order valence-electron chi connectivity index (χ0n) is 12.0. The number of hydrogen-bond acceptors (Lipinski definition) is 2. The maximum atomic E-state index is 12.0. The minimum atomic E-state index is -0.350. The van der Waals surface area contributed by atoms with Crippen LogP contribution in [0.5, 0.6) is 0 Å². The third kappa shape index (κ3) is 4.79. The molecule has 0 heterocycles. The van der Waals surface area contributed by atoms with Gasteiger partial charge in [0.2, 0.25) is 5.91 Å². The monoisotopic (exact) mass is 388 g/mol. The highest BCUT2D eigenvalue weighted by atomic mass is 35.5. The third-order valence-electron chi connectivity index (χ3n) is 2.84. The number of halogens is 4. The van der Waals surface area contributed by atoms with Gasteiger partial charge in [0.1, 0.15) is 0 Å². The van der Waals surface area contributed by atoms with Crippen molar-refractivity contribution in [2.75, 3.05) is 10.6 Å². The van der Waals surface area contributed by atoms with E-state index < -0.39 is 0 Å². The molecule has 0 fully saturated rings. The maximum absolute atomic E-state index is 12.0. The van der Waals surface area contributed by atoms with Gasteiger partial charge in [0.05, 0.1) is 31.5 Å². The van der Waals surface area contributed by atoms with E-state index in [0.717, 1.165) is 0 Å². The van der Waals surface area contributed by atoms with Gasteiger partial charge in [-0.05, 0) is 31.2 Å². The maximum Gasteiger partial charge on any atom is 0.250 e. The summed E-state index contributed by atoms with van der Waals surface area (Å²) in [4.78, 5) is 12.0. The molecule has 120 valence electrons. The lowest BCUT2D eigenvalue weighted by molar-refractivity contribution is -0.111. The number of carbonyl (C=O) groups excluding carboxylic acids is 1. The fourth-order valence-corrected chi connectivity index (χ4v) is 2.51. The predicted molar refractivity (Wildman–Crippen MR) is 98.9 cm³/mol. The molecular weight excluding hydrogens is 378 g/mol. The summed E-state index contributed by atoms with van der Waals surface area (Å²) >= 11 is 24.0. The standard InChI is InChI=1S/C16H12Cl4N2O/c1-9(21-12-6-2-4-10(17)15(12)19)8-14(23)22-13-7-3-5-11(18)16(13)20/h2-8,21H,1H3,(H,22,23). The second kappa shape index (κ2) is 7.93. The minimum absolute atomic E-state index is 0.291. The van der Waals surface area contributed by atoms with Crippen LogP contribution < -0.4 is 10.6 Å². The number of carbonyl (C=O) groups is 1. The van der Waals surface area contributed by atoms with Crippen LogP contribution >= 0.6 is 46.4 Å². The molecule has 3 nitrogen and oxygen atoms in total. The molecule has 2 rings (SSSR count). The first-order valence-corrected chi connectivity index (χ1v) is 8.04. The van der Waals surface area contributed by atoms with E-state index in [0.29, 0.717) is 37.2 Å². The van der Waals surface area contributed by atoms with Gasteiger partial charge in [-0.25, -0.2) is 0 Å². The second-order valence-electron chi connectivity index (χ2n) is 4.64. The lowest BCUT2D eigenvalue weighted by Gasteiger charge is -2.10. The molecule has 0 aliphatic heterocycles. The van der Waals surface area contributed by atoms with Crippen molar-refractivity contribution < 1.29 is 4.79 Å². The van der Waals surface area contributed by atoms with E-state index >= 15 is 0 Å². The van der Waals surface area contributed by atoms with Gasteiger partial charge in [-0.3, -0.25) is 4.79 Å². The molecule has 0 atom stereocenters. The quantitative estimate of drug-likeness (QED) is 0.606. The Kier molecular flexibility index (Phi) is 6.19. The topological polar surface area (TPSA) is 41.1 Å². The summed E-state index contributed by atoms with van der Waals surface area (Å²) in [7, 11) is 0. The number of amides is 1. The molecule has 2 aromatic carbocycles. The van der Waals surface area contributed by atoms with Gasteiger partial charge in [-0.1, -0.05) is 58.5 Å². The van der Waals surface area contributed by atoms with Crippen LogP contribution in [0.4, 0.5) is 11.4 Å². The molecule has 0 aliphatic carbocycles. The molecule has 2 N–H and O–H groups in total. The number of rotatable bonds is 4. The Labute approximate surface area is 154 Å². The Hall–Kier alpha value is -1.39. The molecule has 0 unspecified atom stereocenters. The summed E-state index contributed by atoms with van der Waals surface area (Å²) in [6.07, 6.45) is 1.38. The highest BCUT2D eigenvalue weighted by Gasteiger charge is 2.08. The van der Waals surface area contributed by atoms with Crippen LogP contribution in [0.25, 0.3) is 0 Å². The summed E-state index contributed by atoms with van der Waals surface area (Å²) in [6, 6.07) is 10.2. The molecule has 0 aromatic heterocycles. The van der Waals surface area contributed by atoms with Crippen molar-refractivity contribution in [2.45, 2.75) is 6.92 Å². The number of nitrogens with one attached hydrogen (secondary N) is 2. The van der Waals surface area contributed by atoms with Crippen molar-refractivity contribution in [3.05, 3.63) is 68.3 Å². The Morgan fingerprint density at radius 2 is 1.35 bits per heavy atom. The van der Waals surface area contributed by atoms with Gasteiger partial charge >= 0.3 is 0 Å². The van der Waals surface area contributed by atoms with Crippen LogP contribution in [0.3, 0.4) is 0 Å². The lowest BCUT2D eigenvalue weighted by atomic mass is 10.3. The van der Waals surface area contributed by atoms with Gasteiger partial charge in [0, 0.05) is 11.8 Å². The first kappa shape index (κ1) is 18.0. The van der Waals surface area contributed by atoms with Crippen molar-refractivity contribution in [1.82, 2.24) is 0 Å². The Balaban J connectivity index is 2.10. The van der Waals surface area contributed by atoms with E-state index in [-0.39, 0.29) is 5.91 Å². The zero-order chi connectivity index (χ0) is 17.0.